The molecule has 0 atom stereocenters. The van der Waals surface area contributed by atoms with E-state index in [0.29, 0.717) is 32.7 Å². The molecular weight excluding hydrogens is 408 g/mol. The van der Waals surface area contributed by atoms with E-state index >= 15 is 0 Å². The Kier molecular flexibility index (Phi) is 9.08. The first-order valence-corrected chi connectivity index (χ1v) is 10.8. The summed E-state index contributed by atoms with van der Waals surface area (Å²) in [5, 5.41) is 7.04. The number of carbonyl (C=O) groups excluding carboxylic acids is 2. The maximum Gasteiger partial charge on any atom is 0.348 e. The highest BCUT2D eigenvalue weighted by atomic mass is 32.1. The highest BCUT2D eigenvalue weighted by molar-refractivity contribution is 7.80. The van der Waals surface area contributed by atoms with Gasteiger partial charge in [-0.25, -0.2) is 9.59 Å². The molecule has 8 heteroatoms. The van der Waals surface area contributed by atoms with E-state index in [4.69, 9.17) is 21.7 Å². The van der Waals surface area contributed by atoms with Crippen LogP contribution in [0.25, 0.3) is 0 Å². The summed E-state index contributed by atoms with van der Waals surface area (Å²) < 4.78 is 10.2. The lowest BCUT2D eigenvalue weighted by Crippen LogP contribution is -2.29. The number of hydrogen-bond acceptors (Lipinski definition) is 6. The zero-order valence-corrected chi connectivity index (χ0v) is 18.5. The summed E-state index contributed by atoms with van der Waals surface area (Å²) in [6, 6.07) is 10.2. The third kappa shape index (κ3) is 6.54. The summed E-state index contributed by atoms with van der Waals surface area (Å²) >= 11 is 6.50. The normalized spacial score (nSPS) is 10.3. The van der Waals surface area contributed by atoms with Gasteiger partial charge >= 0.3 is 11.9 Å². The summed E-state index contributed by atoms with van der Waals surface area (Å²) in [7, 11) is 0. The average Bonchev–Trinajstić information content (AvgIpc) is 3.02. The molecule has 0 radical (unpaired) electrons. The van der Waals surface area contributed by atoms with Gasteiger partial charge in [0, 0.05) is 6.54 Å². The van der Waals surface area contributed by atoms with Gasteiger partial charge in [-0.3, -0.25) is 0 Å². The van der Waals surface area contributed by atoms with Gasteiger partial charge in [0.2, 0.25) is 0 Å². The Morgan fingerprint density at radius 1 is 1.07 bits per heavy atom. The number of anilines is 1. The van der Waals surface area contributed by atoms with Crippen molar-refractivity contribution in [3.05, 3.63) is 51.9 Å². The van der Waals surface area contributed by atoms with E-state index in [2.05, 4.69) is 22.8 Å². The Hall–Kier alpha value is -2.45. The average molecular weight is 435 g/mol. The van der Waals surface area contributed by atoms with Gasteiger partial charge in [0.25, 0.3) is 0 Å². The number of aryl methyl sites for hydroxylation is 1. The van der Waals surface area contributed by atoms with Crippen LogP contribution in [-0.4, -0.2) is 36.8 Å². The van der Waals surface area contributed by atoms with Crippen molar-refractivity contribution in [1.82, 2.24) is 5.32 Å². The van der Waals surface area contributed by atoms with E-state index in [1.807, 2.05) is 18.2 Å². The van der Waals surface area contributed by atoms with Crippen LogP contribution in [0.3, 0.4) is 0 Å². The summed E-state index contributed by atoms with van der Waals surface area (Å²) in [5.41, 5.74) is 2.11. The summed E-state index contributed by atoms with van der Waals surface area (Å²) in [6.45, 7) is 6.36. The standard InChI is InChI=1S/C21H26N2O4S2/c1-4-26-19(24)16-14(3)17(20(25)27-5-2)29-18(16)23-21(28)22-13-9-12-15-10-7-6-8-11-15/h6-8,10-11H,4-5,9,12-13H2,1-3H3,(H2,22,23,28). The molecule has 0 amide bonds. The molecule has 1 aromatic heterocycles. The van der Waals surface area contributed by atoms with Crippen molar-refractivity contribution in [1.29, 1.82) is 0 Å². The topological polar surface area (TPSA) is 76.7 Å². The fourth-order valence-corrected chi connectivity index (χ4v) is 4.09. The smallest absolute Gasteiger partial charge is 0.348 e. The number of rotatable bonds is 9. The van der Waals surface area contributed by atoms with E-state index in [-0.39, 0.29) is 13.2 Å². The second-order valence-corrected chi connectivity index (χ2v) is 7.60. The number of benzene rings is 1. The fraction of sp³-hybridized carbons (Fsp3) is 0.381. The molecule has 6 nitrogen and oxygen atoms in total. The van der Waals surface area contributed by atoms with Crippen LogP contribution in [0.4, 0.5) is 5.00 Å². The number of thiophene rings is 1. The zero-order valence-electron chi connectivity index (χ0n) is 16.9. The number of esters is 2. The molecule has 1 heterocycles. The number of thiocarbonyl (C=S) groups is 1. The van der Waals surface area contributed by atoms with Crippen LogP contribution < -0.4 is 10.6 Å². The minimum Gasteiger partial charge on any atom is -0.462 e. The van der Waals surface area contributed by atoms with Crippen LogP contribution in [0.15, 0.2) is 30.3 Å². The molecule has 0 aliphatic rings. The lowest BCUT2D eigenvalue weighted by atomic mass is 10.1. The van der Waals surface area contributed by atoms with Crippen molar-refractivity contribution < 1.29 is 19.1 Å². The van der Waals surface area contributed by atoms with Crippen LogP contribution >= 0.6 is 23.6 Å². The third-order valence-corrected chi connectivity index (χ3v) is 5.52. The van der Waals surface area contributed by atoms with Crippen molar-refractivity contribution in [2.45, 2.75) is 33.6 Å². The molecule has 2 rings (SSSR count). The summed E-state index contributed by atoms with van der Waals surface area (Å²) in [5.74, 6) is -0.957. The van der Waals surface area contributed by atoms with Gasteiger partial charge in [0.15, 0.2) is 5.11 Å². The first-order valence-electron chi connectivity index (χ1n) is 9.54. The highest BCUT2D eigenvalue weighted by Gasteiger charge is 2.26. The third-order valence-electron chi connectivity index (χ3n) is 4.08. The molecule has 0 saturated heterocycles. The van der Waals surface area contributed by atoms with Crippen molar-refractivity contribution in [3.8, 4) is 0 Å². The van der Waals surface area contributed by atoms with Gasteiger partial charge in [0.05, 0.1) is 18.8 Å². The molecule has 0 unspecified atom stereocenters. The van der Waals surface area contributed by atoms with Crippen LogP contribution in [0, 0.1) is 6.92 Å². The second-order valence-electron chi connectivity index (χ2n) is 6.17. The molecule has 156 valence electrons. The molecule has 1 aromatic carbocycles. The zero-order chi connectivity index (χ0) is 21.2. The Morgan fingerprint density at radius 3 is 2.38 bits per heavy atom. The van der Waals surface area contributed by atoms with Crippen molar-refractivity contribution in [3.63, 3.8) is 0 Å². The van der Waals surface area contributed by atoms with Crippen molar-refractivity contribution >= 4 is 45.6 Å². The minimum atomic E-state index is -0.494. The number of ether oxygens (including phenoxy) is 2. The maximum absolute atomic E-state index is 12.4. The van der Waals surface area contributed by atoms with E-state index in [9.17, 15) is 9.59 Å². The quantitative estimate of drug-likeness (QED) is 0.346. The van der Waals surface area contributed by atoms with E-state index in [0.717, 1.165) is 24.2 Å². The predicted octanol–water partition coefficient (Wildman–Crippen LogP) is 4.33. The van der Waals surface area contributed by atoms with E-state index < -0.39 is 11.9 Å². The Bertz CT molecular complexity index is 850. The van der Waals surface area contributed by atoms with E-state index in [1.165, 1.54) is 5.56 Å². The molecule has 0 fully saturated rings. The lowest BCUT2D eigenvalue weighted by molar-refractivity contribution is 0.0527. The van der Waals surface area contributed by atoms with Gasteiger partial charge in [-0.1, -0.05) is 30.3 Å². The predicted molar refractivity (Wildman–Crippen MR) is 120 cm³/mol. The largest absolute Gasteiger partial charge is 0.462 e. The maximum atomic E-state index is 12.4. The molecule has 0 bridgehead atoms. The van der Waals surface area contributed by atoms with Crippen LogP contribution in [0.5, 0.6) is 0 Å². The molecule has 0 aliphatic heterocycles. The second kappa shape index (κ2) is 11.5. The number of hydrogen-bond donors (Lipinski definition) is 2. The van der Waals surface area contributed by atoms with Crippen molar-refractivity contribution in [2.24, 2.45) is 0 Å². The van der Waals surface area contributed by atoms with E-state index in [1.54, 1.807) is 20.8 Å². The highest BCUT2D eigenvalue weighted by Crippen LogP contribution is 2.34. The molecule has 29 heavy (non-hydrogen) atoms. The first-order chi connectivity index (χ1) is 14.0. The minimum absolute atomic E-state index is 0.241. The van der Waals surface area contributed by atoms with Gasteiger partial charge in [0.1, 0.15) is 9.88 Å². The SMILES string of the molecule is CCOC(=O)c1sc(NC(=S)NCCCc2ccccc2)c(C(=O)OCC)c1C. The lowest BCUT2D eigenvalue weighted by Gasteiger charge is -2.11. The Balaban J connectivity index is 2.03. The number of nitrogens with one attached hydrogen (secondary N) is 2. The molecule has 0 spiro atoms. The van der Waals surface area contributed by atoms with Crippen LogP contribution in [0.2, 0.25) is 0 Å². The summed E-state index contributed by atoms with van der Waals surface area (Å²) in [4.78, 5) is 25.0. The Morgan fingerprint density at radius 2 is 1.72 bits per heavy atom. The fourth-order valence-electron chi connectivity index (χ4n) is 2.73. The van der Waals surface area contributed by atoms with Gasteiger partial charge in [-0.2, -0.15) is 0 Å². The van der Waals surface area contributed by atoms with Gasteiger partial charge in [-0.05, 0) is 57.0 Å². The number of carbonyl (C=O) groups is 2. The Labute approximate surface area is 180 Å². The first kappa shape index (κ1) is 22.8. The molecule has 0 saturated carbocycles. The van der Waals surface area contributed by atoms with Crippen LogP contribution in [0.1, 0.15) is 51.4 Å². The van der Waals surface area contributed by atoms with Gasteiger partial charge in [-0.15, -0.1) is 11.3 Å². The molecule has 0 aliphatic carbocycles. The monoisotopic (exact) mass is 434 g/mol. The van der Waals surface area contributed by atoms with Crippen molar-refractivity contribution in [2.75, 3.05) is 25.1 Å². The molecular formula is C21H26N2O4S2. The molecule has 2 aromatic rings. The molecule has 2 N–H and O–H groups in total. The summed E-state index contributed by atoms with van der Waals surface area (Å²) in [6.07, 6.45) is 1.85. The van der Waals surface area contributed by atoms with Crippen LogP contribution in [-0.2, 0) is 15.9 Å². The van der Waals surface area contributed by atoms with Gasteiger partial charge < -0.3 is 20.1 Å².